The summed E-state index contributed by atoms with van der Waals surface area (Å²) in [5, 5.41) is 12.5. The second kappa shape index (κ2) is 3.35. The van der Waals surface area contributed by atoms with Gasteiger partial charge in [0.2, 0.25) is 0 Å². The molecular formula is C8H17NO. The molecule has 3 atom stereocenters. The van der Waals surface area contributed by atoms with Crippen LogP contribution in [0.25, 0.3) is 0 Å². The van der Waals surface area contributed by atoms with Crippen LogP contribution in [-0.2, 0) is 0 Å². The fraction of sp³-hybridized carbons (Fsp3) is 1.00. The minimum atomic E-state index is -0.192. The van der Waals surface area contributed by atoms with Gasteiger partial charge in [0.1, 0.15) is 0 Å². The molecule has 0 aromatic heterocycles. The summed E-state index contributed by atoms with van der Waals surface area (Å²) in [6.45, 7) is 5.17. The van der Waals surface area contributed by atoms with Crippen molar-refractivity contribution >= 4 is 0 Å². The van der Waals surface area contributed by atoms with Crippen LogP contribution >= 0.6 is 0 Å². The van der Waals surface area contributed by atoms with Crippen LogP contribution in [0.2, 0.25) is 0 Å². The largest absolute Gasteiger partial charge is 0.392 e. The van der Waals surface area contributed by atoms with E-state index in [1.165, 1.54) is 6.42 Å². The van der Waals surface area contributed by atoms with Gasteiger partial charge in [0.15, 0.2) is 0 Å². The van der Waals surface area contributed by atoms with Crippen LogP contribution in [0.4, 0.5) is 0 Å². The minimum Gasteiger partial charge on any atom is -0.392 e. The number of hydrogen-bond acceptors (Lipinski definition) is 2. The molecule has 0 aromatic rings. The smallest absolute Gasteiger partial charge is 0.0665 e. The van der Waals surface area contributed by atoms with Gasteiger partial charge in [0.25, 0.3) is 0 Å². The Balaban J connectivity index is 2.32. The van der Waals surface area contributed by atoms with Gasteiger partial charge in [0, 0.05) is 6.04 Å². The van der Waals surface area contributed by atoms with Crippen molar-refractivity contribution in [1.82, 2.24) is 5.32 Å². The summed E-state index contributed by atoms with van der Waals surface area (Å²) >= 11 is 0. The number of aliphatic hydroxyl groups excluding tert-OH is 1. The lowest BCUT2D eigenvalue weighted by atomic mass is 9.92. The van der Waals surface area contributed by atoms with Gasteiger partial charge < -0.3 is 10.4 Å². The first-order valence-electron chi connectivity index (χ1n) is 4.11. The molecule has 1 aliphatic heterocycles. The summed E-state index contributed by atoms with van der Waals surface area (Å²) in [5.41, 5.74) is 0. The molecule has 1 fully saturated rings. The molecule has 0 amide bonds. The molecule has 1 heterocycles. The summed E-state index contributed by atoms with van der Waals surface area (Å²) in [5.74, 6) is 0.779. The first-order chi connectivity index (χ1) is 4.70. The predicted molar refractivity (Wildman–Crippen MR) is 41.9 cm³/mol. The summed E-state index contributed by atoms with van der Waals surface area (Å²) in [6.07, 6.45) is 2.18. The van der Waals surface area contributed by atoms with E-state index in [-0.39, 0.29) is 6.10 Å². The number of rotatable bonds is 1. The Morgan fingerprint density at radius 3 is 2.70 bits per heavy atom. The van der Waals surface area contributed by atoms with Crippen molar-refractivity contribution in [2.75, 3.05) is 6.54 Å². The molecule has 0 aromatic carbocycles. The van der Waals surface area contributed by atoms with Gasteiger partial charge in [-0.25, -0.2) is 0 Å². The average molecular weight is 143 g/mol. The fourth-order valence-corrected chi connectivity index (χ4v) is 1.52. The molecule has 0 bridgehead atoms. The zero-order valence-corrected chi connectivity index (χ0v) is 6.80. The van der Waals surface area contributed by atoms with Crippen molar-refractivity contribution in [3.05, 3.63) is 0 Å². The molecule has 1 rings (SSSR count). The fourth-order valence-electron chi connectivity index (χ4n) is 1.52. The third-order valence-corrected chi connectivity index (χ3v) is 2.28. The molecule has 0 spiro atoms. The van der Waals surface area contributed by atoms with E-state index in [1.807, 2.05) is 6.92 Å². The molecule has 0 radical (unpaired) electrons. The zero-order valence-electron chi connectivity index (χ0n) is 6.80. The third-order valence-electron chi connectivity index (χ3n) is 2.28. The quantitative estimate of drug-likeness (QED) is 0.568. The summed E-state index contributed by atoms with van der Waals surface area (Å²) in [7, 11) is 0. The molecule has 10 heavy (non-hydrogen) atoms. The van der Waals surface area contributed by atoms with E-state index in [0.29, 0.717) is 6.04 Å². The average Bonchev–Trinajstić information content (AvgIpc) is 1.88. The zero-order chi connectivity index (χ0) is 7.56. The van der Waals surface area contributed by atoms with Crippen LogP contribution in [0.1, 0.15) is 26.7 Å². The highest BCUT2D eigenvalue weighted by atomic mass is 16.3. The molecule has 1 aliphatic rings. The van der Waals surface area contributed by atoms with E-state index in [0.717, 1.165) is 18.9 Å². The second-order valence-corrected chi connectivity index (χ2v) is 3.43. The van der Waals surface area contributed by atoms with Gasteiger partial charge in [-0.3, -0.25) is 0 Å². The molecule has 1 saturated heterocycles. The molecule has 2 nitrogen and oxygen atoms in total. The Bertz CT molecular complexity index is 103. The van der Waals surface area contributed by atoms with Crippen LogP contribution in [0.3, 0.4) is 0 Å². The number of aliphatic hydroxyl groups is 1. The molecule has 2 heteroatoms. The Hall–Kier alpha value is -0.0800. The Morgan fingerprint density at radius 1 is 1.60 bits per heavy atom. The van der Waals surface area contributed by atoms with E-state index in [1.54, 1.807) is 0 Å². The maximum Gasteiger partial charge on any atom is 0.0665 e. The second-order valence-electron chi connectivity index (χ2n) is 3.43. The van der Waals surface area contributed by atoms with Gasteiger partial charge in [0.05, 0.1) is 6.10 Å². The van der Waals surface area contributed by atoms with Gasteiger partial charge in [-0.15, -0.1) is 0 Å². The van der Waals surface area contributed by atoms with Crippen molar-refractivity contribution in [3.63, 3.8) is 0 Å². The number of hydrogen-bond donors (Lipinski definition) is 2. The van der Waals surface area contributed by atoms with E-state index >= 15 is 0 Å². The summed E-state index contributed by atoms with van der Waals surface area (Å²) < 4.78 is 0. The van der Waals surface area contributed by atoms with Crippen LogP contribution < -0.4 is 5.32 Å². The van der Waals surface area contributed by atoms with Crippen molar-refractivity contribution in [2.24, 2.45) is 5.92 Å². The highest BCUT2D eigenvalue weighted by molar-refractivity contribution is 4.79. The Morgan fingerprint density at radius 2 is 2.30 bits per heavy atom. The summed E-state index contributed by atoms with van der Waals surface area (Å²) in [6, 6.07) is 0.337. The Kier molecular flexibility index (Phi) is 2.69. The number of piperidine rings is 1. The van der Waals surface area contributed by atoms with Crippen molar-refractivity contribution in [2.45, 2.75) is 38.8 Å². The van der Waals surface area contributed by atoms with Gasteiger partial charge in [-0.1, -0.05) is 6.92 Å². The van der Waals surface area contributed by atoms with Crippen LogP contribution in [0.15, 0.2) is 0 Å². The molecule has 3 unspecified atom stereocenters. The maximum atomic E-state index is 9.23. The molecular weight excluding hydrogens is 126 g/mol. The first kappa shape index (κ1) is 8.02. The standard InChI is InChI=1S/C8H17NO/c1-6-3-4-9-8(5-6)7(2)10/h6-10H,3-5H2,1-2H3. The van der Waals surface area contributed by atoms with E-state index in [9.17, 15) is 5.11 Å². The lowest BCUT2D eigenvalue weighted by Gasteiger charge is -2.29. The third kappa shape index (κ3) is 1.96. The van der Waals surface area contributed by atoms with Crippen molar-refractivity contribution in [1.29, 1.82) is 0 Å². The Labute approximate surface area is 62.6 Å². The maximum absolute atomic E-state index is 9.23. The highest BCUT2D eigenvalue weighted by Crippen LogP contribution is 2.16. The van der Waals surface area contributed by atoms with Gasteiger partial charge in [-0.05, 0) is 32.2 Å². The molecule has 60 valence electrons. The van der Waals surface area contributed by atoms with E-state index in [4.69, 9.17) is 0 Å². The molecule has 2 N–H and O–H groups in total. The molecule has 0 saturated carbocycles. The summed E-state index contributed by atoms with van der Waals surface area (Å²) in [4.78, 5) is 0. The first-order valence-corrected chi connectivity index (χ1v) is 4.11. The number of nitrogens with one attached hydrogen (secondary N) is 1. The lowest BCUT2D eigenvalue weighted by Crippen LogP contribution is -2.44. The normalized spacial score (nSPS) is 37.5. The van der Waals surface area contributed by atoms with E-state index < -0.39 is 0 Å². The van der Waals surface area contributed by atoms with Crippen LogP contribution in [0, 0.1) is 5.92 Å². The van der Waals surface area contributed by atoms with Gasteiger partial charge in [-0.2, -0.15) is 0 Å². The SMILES string of the molecule is CC1CCNC(C(C)O)C1. The topological polar surface area (TPSA) is 32.3 Å². The van der Waals surface area contributed by atoms with Gasteiger partial charge >= 0.3 is 0 Å². The minimum absolute atomic E-state index is 0.192. The predicted octanol–water partition coefficient (Wildman–Crippen LogP) is 0.755. The van der Waals surface area contributed by atoms with Crippen LogP contribution in [0.5, 0.6) is 0 Å². The highest BCUT2D eigenvalue weighted by Gasteiger charge is 2.21. The van der Waals surface area contributed by atoms with E-state index in [2.05, 4.69) is 12.2 Å². The molecule has 0 aliphatic carbocycles. The van der Waals surface area contributed by atoms with Crippen molar-refractivity contribution < 1.29 is 5.11 Å². The monoisotopic (exact) mass is 143 g/mol. The van der Waals surface area contributed by atoms with Crippen molar-refractivity contribution in [3.8, 4) is 0 Å². The van der Waals surface area contributed by atoms with Crippen LogP contribution in [-0.4, -0.2) is 23.8 Å². The lowest BCUT2D eigenvalue weighted by molar-refractivity contribution is 0.116.